The first-order chi connectivity index (χ1) is 7.68. The second-order valence-electron chi connectivity index (χ2n) is 3.31. The highest BCUT2D eigenvalue weighted by molar-refractivity contribution is 5.68. The van der Waals surface area contributed by atoms with E-state index in [1.54, 1.807) is 6.07 Å². The Morgan fingerprint density at radius 3 is 2.25 bits per heavy atom. The molecule has 0 saturated carbocycles. The second-order valence-corrected chi connectivity index (χ2v) is 3.31. The van der Waals surface area contributed by atoms with Gasteiger partial charge in [-0.3, -0.25) is 10.1 Å². The molecule has 0 heterocycles. The summed E-state index contributed by atoms with van der Waals surface area (Å²) >= 11 is 0. The SMILES string of the molecule is O=[N+]([O-])c1cc(-c2ccccc2)ccc1[O-]. The van der Waals surface area contributed by atoms with Gasteiger partial charge in [-0.15, -0.1) is 0 Å². The lowest BCUT2D eigenvalue weighted by atomic mass is 10.1. The van der Waals surface area contributed by atoms with Crippen molar-refractivity contribution < 1.29 is 10.0 Å². The molecule has 2 aromatic rings. The zero-order valence-electron chi connectivity index (χ0n) is 8.29. The standard InChI is InChI=1S/C12H9NO3/c14-12-7-6-10(8-11(12)13(15)16)9-4-2-1-3-5-9/h1-8,14H/p-1. The molecule has 16 heavy (non-hydrogen) atoms. The van der Waals surface area contributed by atoms with Gasteiger partial charge >= 0.3 is 0 Å². The normalized spacial score (nSPS) is 10.0. The summed E-state index contributed by atoms with van der Waals surface area (Å²) < 4.78 is 0. The van der Waals surface area contributed by atoms with Gasteiger partial charge in [-0.2, -0.15) is 0 Å². The van der Waals surface area contributed by atoms with Crippen LogP contribution in [0.4, 0.5) is 5.69 Å². The predicted octanol–water partition coefficient (Wildman–Crippen LogP) is 2.34. The largest absolute Gasteiger partial charge is 0.868 e. The fraction of sp³-hybridized carbons (Fsp3) is 0. The summed E-state index contributed by atoms with van der Waals surface area (Å²) in [6, 6.07) is 13.3. The summed E-state index contributed by atoms with van der Waals surface area (Å²) in [5, 5.41) is 21.8. The number of nitrogens with zero attached hydrogens (tertiary/aromatic N) is 1. The second kappa shape index (κ2) is 4.02. The van der Waals surface area contributed by atoms with Crippen molar-refractivity contribution >= 4 is 5.69 Å². The van der Waals surface area contributed by atoms with Crippen LogP contribution in [0.5, 0.6) is 5.75 Å². The molecule has 0 atom stereocenters. The van der Waals surface area contributed by atoms with Gasteiger partial charge in [0.05, 0.1) is 4.92 Å². The van der Waals surface area contributed by atoms with Crippen molar-refractivity contribution in [1.82, 2.24) is 0 Å². The number of rotatable bonds is 2. The highest BCUT2D eigenvalue weighted by atomic mass is 16.6. The topological polar surface area (TPSA) is 66.2 Å². The molecular formula is C12H8NO3-. The molecule has 4 heteroatoms. The Bertz CT molecular complexity index is 523. The molecule has 0 aliphatic rings. The first-order valence-electron chi connectivity index (χ1n) is 4.69. The maximum absolute atomic E-state index is 11.2. The lowest BCUT2D eigenvalue weighted by Crippen LogP contribution is -1.97. The average Bonchev–Trinajstić information content (AvgIpc) is 2.30. The number of hydrogen-bond donors (Lipinski definition) is 0. The Morgan fingerprint density at radius 1 is 0.938 bits per heavy atom. The van der Waals surface area contributed by atoms with E-state index in [9.17, 15) is 15.2 Å². The summed E-state index contributed by atoms with van der Waals surface area (Å²) in [6.45, 7) is 0. The molecule has 2 aromatic carbocycles. The van der Waals surface area contributed by atoms with Gasteiger partial charge in [0.15, 0.2) is 0 Å². The Hall–Kier alpha value is -2.36. The van der Waals surface area contributed by atoms with Crippen molar-refractivity contribution in [2.75, 3.05) is 0 Å². The zero-order valence-corrected chi connectivity index (χ0v) is 8.29. The Labute approximate surface area is 91.9 Å². The molecule has 80 valence electrons. The van der Waals surface area contributed by atoms with Gasteiger partial charge in [0, 0.05) is 6.07 Å². The van der Waals surface area contributed by atoms with Crippen molar-refractivity contribution in [3.05, 3.63) is 58.6 Å². The lowest BCUT2D eigenvalue weighted by molar-refractivity contribution is -0.398. The summed E-state index contributed by atoms with van der Waals surface area (Å²) in [5.41, 5.74) is 1.14. The molecule has 0 fully saturated rings. The molecule has 2 rings (SSSR count). The molecule has 0 amide bonds. The van der Waals surface area contributed by atoms with Crippen LogP contribution in [0, 0.1) is 10.1 Å². The molecule has 0 spiro atoms. The number of nitro benzene ring substituents is 1. The lowest BCUT2D eigenvalue weighted by Gasteiger charge is -2.08. The highest BCUT2D eigenvalue weighted by Gasteiger charge is 2.08. The van der Waals surface area contributed by atoms with Crippen LogP contribution in [0.2, 0.25) is 0 Å². The van der Waals surface area contributed by atoms with Crippen LogP contribution in [-0.4, -0.2) is 4.92 Å². The van der Waals surface area contributed by atoms with Crippen molar-refractivity contribution in [1.29, 1.82) is 0 Å². The Morgan fingerprint density at radius 2 is 1.62 bits per heavy atom. The zero-order chi connectivity index (χ0) is 11.5. The van der Waals surface area contributed by atoms with Gasteiger partial charge in [-0.25, -0.2) is 0 Å². The van der Waals surface area contributed by atoms with E-state index < -0.39 is 10.7 Å². The third-order valence-corrected chi connectivity index (χ3v) is 2.26. The van der Waals surface area contributed by atoms with Gasteiger partial charge in [-0.05, 0) is 16.9 Å². The van der Waals surface area contributed by atoms with E-state index in [1.807, 2.05) is 30.3 Å². The van der Waals surface area contributed by atoms with Crippen molar-refractivity contribution in [3.8, 4) is 16.9 Å². The monoisotopic (exact) mass is 214 g/mol. The fourth-order valence-corrected chi connectivity index (χ4v) is 1.47. The van der Waals surface area contributed by atoms with Crippen LogP contribution < -0.4 is 5.11 Å². The highest BCUT2D eigenvalue weighted by Crippen LogP contribution is 2.29. The van der Waals surface area contributed by atoms with E-state index in [4.69, 9.17) is 0 Å². The molecule has 0 saturated heterocycles. The third kappa shape index (κ3) is 1.86. The van der Waals surface area contributed by atoms with Gasteiger partial charge in [-0.1, -0.05) is 42.5 Å². The van der Waals surface area contributed by atoms with Crippen LogP contribution in [0.25, 0.3) is 11.1 Å². The molecule has 0 radical (unpaired) electrons. The van der Waals surface area contributed by atoms with Crippen molar-refractivity contribution in [2.45, 2.75) is 0 Å². The summed E-state index contributed by atoms with van der Waals surface area (Å²) in [4.78, 5) is 9.95. The van der Waals surface area contributed by atoms with Crippen molar-refractivity contribution in [2.24, 2.45) is 0 Å². The minimum Gasteiger partial charge on any atom is -0.868 e. The Balaban J connectivity index is 2.52. The maximum Gasteiger partial charge on any atom is 0.262 e. The van der Waals surface area contributed by atoms with E-state index in [-0.39, 0.29) is 5.69 Å². The molecule has 4 nitrogen and oxygen atoms in total. The molecule has 0 unspecified atom stereocenters. The summed E-state index contributed by atoms with van der Waals surface area (Å²) in [5.74, 6) is -0.565. The average molecular weight is 214 g/mol. The minimum absolute atomic E-state index is 0.388. The number of nitro groups is 1. The predicted molar refractivity (Wildman–Crippen MR) is 58.0 cm³/mol. The first-order valence-corrected chi connectivity index (χ1v) is 4.69. The Kier molecular flexibility index (Phi) is 2.55. The summed E-state index contributed by atoms with van der Waals surface area (Å²) in [7, 11) is 0. The molecule has 0 N–H and O–H groups in total. The van der Waals surface area contributed by atoms with Gasteiger partial charge in [0.25, 0.3) is 5.69 Å². The van der Waals surface area contributed by atoms with E-state index in [0.717, 1.165) is 5.56 Å². The maximum atomic E-state index is 11.2. The van der Waals surface area contributed by atoms with Crippen LogP contribution >= 0.6 is 0 Å². The van der Waals surface area contributed by atoms with E-state index in [0.29, 0.717) is 5.56 Å². The van der Waals surface area contributed by atoms with Crippen molar-refractivity contribution in [3.63, 3.8) is 0 Å². The first kappa shape index (κ1) is 10.2. The third-order valence-electron chi connectivity index (χ3n) is 2.26. The van der Waals surface area contributed by atoms with Crippen LogP contribution in [0.1, 0.15) is 0 Å². The van der Waals surface area contributed by atoms with E-state index in [1.165, 1.54) is 12.1 Å². The number of hydrogen-bond acceptors (Lipinski definition) is 3. The van der Waals surface area contributed by atoms with Gasteiger partial charge < -0.3 is 5.11 Å². The molecule has 0 aliphatic heterocycles. The quantitative estimate of drug-likeness (QED) is 0.569. The number of benzene rings is 2. The van der Waals surface area contributed by atoms with E-state index >= 15 is 0 Å². The molecular weight excluding hydrogens is 206 g/mol. The summed E-state index contributed by atoms with van der Waals surface area (Å²) in [6.07, 6.45) is 0. The van der Waals surface area contributed by atoms with Crippen LogP contribution in [0.3, 0.4) is 0 Å². The van der Waals surface area contributed by atoms with E-state index in [2.05, 4.69) is 0 Å². The fourth-order valence-electron chi connectivity index (χ4n) is 1.47. The van der Waals surface area contributed by atoms with Crippen LogP contribution in [-0.2, 0) is 0 Å². The molecule has 0 aromatic heterocycles. The molecule has 0 aliphatic carbocycles. The van der Waals surface area contributed by atoms with Gasteiger partial charge in [0.1, 0.15) is 0 Å². The smallest absolute Gasteiger partial charge is 0.262 e. The minimum atomic E-state index is -0.658. The van der Waals surface area contributed by atoms with Crippen LogP contribution in [0.15, 0.2) is 48.5 Å². The molecule has 0 bridgehead atoms. The van der Waals surface area contributed by atoms with Gasteiger partial charge in [0.2, 0.25) is 0 Å².